The highest BCUT2D eigenvalue weighted by Gasteiger charge is 2.17. The van der Waals surface area contributed by atoms with Crippen molar-refractivity contribution in [3.05, 3.63) is 41.1 Å². The third kappa shape index (κ3) is 6.32. The Morgan fingerprint density at radius 3 is 2.56 bits per heavy atom. The molecule has 0 fully saturated rings. The first kappa shape index (κ1) is 22.6. The van der Waals surface area contributed by atoms with E-state index in [0.29, 0.717) is 12.4 Å². The molecule has 0 aliphatic carbocycles. The van der Waals surface area contributed by atoms with Crippen LogP contribution in [0.4, 0.5) is 5.82 Å². The van der Waals surface area contributed by atoms with Crippen LogP contribution in [0.25, 0.3) is 0 Å². The number of anilines is 1. The fourth-order valence-corrected chi connectivity index (χ4v) is 2.65. The summed E-state index contributed by atoms with van der Waals surface area (Å²) in [5.74, 6) is 0.582. The Balaban J connectivity index is 0.00000176. The van der Waals surface area contributed by atoms with Crippen LogP contribution >= 0.6 is 0 Å². The molecule has 0 spiro atoms. The molecule has 0 amide bonds. The lowest BCUT2D eigenvalue weighted by molar-refractivity contribution is 0.0526. The van der Waals surface area contributed by atoms with Gasteiger partial charge >= 0.3 is 5.97 Å². The Labute approximate surface area is 163 Å². The normalized spacial score (nSPS) is 11.0. The zero-order valence-corrected chi connectivity index (χ0v) is 17.5. The van der Waals surface area contributed by atoms with Gasteiger partial charge in [0.25, 0.3) is 0 Å². The largest absolute Gasteiger partial charge is 0.496 e. The highest BCUT2D eigenvalue weighted by molar-refractivity contribution is 7.84. The maximum atomic E-state index is 12.1. The van der Waals surface area contributed by atoms with Crippen molar-refractivity contribution < 1.29 is 18.5 Å². The van der Waals surface area contributed by atoms with Crippen LogP contribution in [-0.2, 0) is 22.1 Å². The molecule has 2 aromatic rings. The van der Waals surface area contributed by atoms with Crippen molar-refractivity contribution in [2.75, 3.05) is 25.3 Å². The molecule has 7 nitrogen and oxygen atoms in total. The van der Waals surface area contributed by atoms with E-state index in [0.717, 1.165) is 16.9 Å². The van der Waals surface area contributed by atoms with Crippen LogP contribution in [0.3, 0.4) is 0 Å². The number of hydrogen-bond donors (Lipinski definition) is 1. The Morgan fingerprint density at radius 2 is 2.00 bits per heavy atom. The molecule has 0 saturated heterocycles. The second-order valence-corrected chi connectivity index (χ2v) is 6.52. The molecule has 1 aromatic carbocycles. The Hall–Kier alpha value is -2.48. The van der Waals surface area contributed by atoms with E-state index in [1.54, 1.807) is 14.0 Å². The van der Waals surface area contributed by atoms with E-state index in [4.69, 9.17) is 9.47 Å². The van der Waals surface area contributed by atoms with E-state index in [9.17, 15) is 9.00 Å². The van der Waals surface area contributed by atoms with Crippen molar-refractivity contribution in [2.45, 2.75) is 39.4 Å². The van der Waals surface area contributed by atoms with Crippen LogP contribution in [0.1, 0.15) is 42.3 Å². The standard InChI is InChI=1S/C17H21N3O4S.C2H6/c1-5-24-16(21)13-10-19-17(25(4)22)20-15(13)18-9-12-6-7-14(23-3)11(2)8-12;1-2/h6-8,10H,5,9H2,1-4H3,(H,18,19,20);1-2H3. The molecule has 0 aliphatic heterocycles. The molecular formula is C19H27N3O4S. The molecule has 0 saturated carbocycles. The molecule has 1 N–H and O–H groups in total. The summed E-state index contributed by atoms with van der Waals surface area (Å²) in [6, 6.07) is 5.78. The number of benzene rings is 1. The number of nitrogens with one attached hydrogen (secondary N) is 1. The predicted molar refractivity (Wildman–Crippen MR) is 107 cm³/mol. The van der Waals surface area contributed by atoms with Gasteiger partial charge in [0.2, 0.25) is 5.16 Å². The summed E-state index contributed by atoms with van der Waals surface area (Å²) in [5, 5.41) is 3.26. The number of carbonyl (C=O) groups excluding carboxylic acids is 1. The van der Waals surface area contributed by atoms with Gasteiger partial charge in [0.1, 0.15) is 17.1 Å². The number of methoxy groups -OCH3 is 1. The first-order valence-corrected chi connectivity index (χ1v) is 10.3. The van der Waals surface area contributed by atoms with Gasteiger partial charge in [-0.25, -0.2) is 14.8 Å². The molecule has 8 heteroatoms. The molecule has 0 bridgehead atoms. The minimum atomic E-state index is -1.35. The number of aryl methyl sites for hydroxylation is 1. The Morgan fingerprint density at radius 1 is 1.30 bits per heavy atom. The molecular weight excluding hydrogens is 366 g/mol. The van der Waals surface area contributed by atoms with Crippen LogP contribution in [0.15, 0.2) is 29.6 Å². The van der Waals surface area contributed by atoms with Crippen molar-refractivity contribution in [3.8, 4) is 5.75 Å². The molecule has 2 rings (SSSR count). The third-order valence-corrected chi connectivity index (χ3v) is 4.15. The van der Waals surface area contributed by atoms with Gasteiger partial charge in [0.05, 0.1) is 24.5 Å². The summed E-state index contributed by atoms with van der Waals surface area (Å²) in [6.45, 7) is 8.36. The number of aromatic nitrogens is 2. The van der Waals surface area contributed by atoms with Gasteiger partial charge in [-0.3, -0.25) is 4.21 Å². The van der Waals surface area contributed by atoms with E-state index in [2.05, 4.69) is 15.3 Å². The van der Waals surface area contributed by atoms with Crippen LogP contribution in [0, 0.1) is 6.92 Å². The van der Waals surface area contributed by atoms with Gasteiger partial charge in [0, 0.05) is 19.0 Å². The predicted octanol–water partition coefficient (Wildman–Crippen LogP) is 3.35. The number of rotatable bonds is 7. The second kappa shape index (κ2) is 11.3. The van der Waals surface area contributed by atoms with Gasteiger partial charge in [-0.2, -0.15) is 0 Å². The number of nitrogens with zero attached hydrogens (tertiary/aromatic N) is 2. The van der Waals surface area contributed by atoms with E-state index >= 15 is 0 Å². The lowest BCUT2D eigenvalue weighted by Gasteiger charge is -2.12. The topological polar surface area (TPSA) is 90.4 Å². The van der Waals surface area contributed by atoms with E-state index in [-0.39, 0.29) is 17.3 Å². The molecule has 0 radical (unpaired) electrons. The van der Waals surface area contributed by atoms with Crippen LogP contribution in [0.2, 0.25) is 0 Å². The van der Waals surface area contributed by atoms with Crippen molar-refractivity contribution in [1.29, 1.82) is 0 Å². The van der Waals surface area contributed by atoms with Crippen molar-refractivity contribution in [1.82, 2.24) is 9.97 Å². The van der Waals surface area contributed by atoms with Crippen LogP contribution in [0.5, 0.6) is 5.75 Å². The van der Waals surface area contributed by atoms with Gasteiger partial charge in [0.15, 0.2) is 0 Å². The average molecular weight is 394 g/mol. The number of ether oxygens (including phenoxy) is 2. The number of carbonyl (C=O) groups is 1. The lowest BCUT2D eigenvalue weighted by Crippen LogP contribution is -2.14. The zero-order valence-electron chi connectivity index (χ0n) is 16.7. The molecule has 27 heavy (non-hydrogen) atoms. The van der Waals surface area contributed by atoms with Gasteiger partial charge in [-0.1, -0.05) is 26.0 Å². The summed E-state index contributed by atoms with van der Waals surface area (Å²) in [5.41, 5.74) is 2.21. The van der Waals surface area contributed by atoms with Crippen molar-refractivity contribution >= 4 is 22.6 Å². The van der Waals surface area contributed by atoms with Crippen LogP contribution in [-0.4, -0.2) is 40.1 Å². The first-order chi connectivity index (χ1) is 13.0. The van der Waals surface area contributed by atoms with Gasteiger partial charge in [-0.05, 0) is 31.0 Å². The second-order valence-electron chi connectivity index (χ2n) is 5.25. The van der Waals surface area contributed by atoms with Crippen LogP contribution < -0.4 is 10.1 Å². The summed E-state index contributed by atoms with van der Waals surface area (Å²) in [4.78, 5) is 20.2. The fraction of sp³-hybridized carbons (Fsp3) is 0.421. The van der Waals surface area contributed by atoms with E-state index in [1.807, 2.05) is 39.0 Å². The molecule has 1 aromatic heterocycles. The maximum absolute atomic E-state index is 12.1. The molecule has 0 aliphatic rings. The van der Waals surface area contributed by atoms with E-state index in [1.165, 1.54) is 12.5 Å². The summed E-state index contributed by atoms with van der Waals surface area (Å²) < 4.78 is 21.9. The number of esters is 1. The lowest BCUT2D eigenvalue weighted by atomic mass is 10.1. The first-order valence-electron chi connectivity index (χ1n) is 8.71. The third-order valence-electron chi connectivity index (χ3n) is 3.44. The Bertz CT molecular complexity index is 797. The Kier molecular flexibility index (Phi) is 9.42. The smallest absolute Gasteiger partial charge is 0.343 e. The SMILES string of the molecule is CC.CCOC(=O)c1cnc(S(C)=O)nc1NCc1ccc(OC)c(C)c1. The van der Waals surface area contributed by atoms with Crippen molar-refractivity contribution in [2.24, 2.45) is 0 Å². The minimum Gasteiger partial charge on any atom is -0.496 e. The number of hydrogen-bond acceptors (Lipinski definition) is 7. The maximum Gasteiger partial charge on any atom is 0.343 e. The van der Waals surface area contributed by atoms with Gasteiger partial charge < -0.3 is 14.8 Å². The highest BCUT2D eigenvalue weighted by atomic mass is 32.2. The summed E-state index contributed by atoms with van der Waals surface area (Å²) >= 11 is 0. The molecule has 148 valence electrons. The van der Waals surface area contributed by atoms with E-state index < -0.39 is 16.8 Å². The fourth-order valence-electron chi connectivity index (χ4n) is 2.23. The summed E-state index contributed by atoms with van der Waals surface area (Å²) in [7, 11) is 0.273. The van der Waals surface area contributed by atoms with Crippen molar-refractivity contribution in [3.63, 3.8) is 0 Å². The highest BCUT2D eigenvalue weighted by Crippen LogP contribution is 2.20. The molecule has 1 heterocycles. The molecule has 1 atom stereocenters. The van der Waals surface area contributed by atoms with Gasteiger partial charge in [-0.15, -0.1) is 0 Å². The zero-order chi connectivity index (χ0) is 20.4. The monoisotopic (exact) mass is 393 g/mol. The quantitative estimate of drug-likeness (QED) is 0.570. The average Bonchev–Trinajstić information content (AvgIpc) is 2.68. The summed E-state index contributed by atoms with van der Waals surface area (Å²) in [6.07, 6.45) is 2.82. The molecule has 1 unspecified atom stereocenters. The minimum absolute atomic E-state index is 0.154.